The Balaban J connectivity index is 2.17. The topological polar surface area (TPSA) is 20.2 Å². The van der Waals surface area contributed by atoms with Crippen molar-refractivity contribution >= 4 is 11.8 Å². The summed E-state index contributed by atoms with van der Waals surface area (Å²) in [7, 11) is 0. The molecule has 2 aromatic rings. The number of hydrogen-bond acceptors (Lipinski definition) is 2. The average Bonchev–Trinajstić information content (AvgIpc) is 2.47. The second-order valence-corrected chi connectivity index (χ2v) is 7.61. The predicted molar refractivity (Wildman–Crippen MR) is 92.0 cm³/mol. The molecule has 0 aliphatic rings. The van der Waals surface area contributed by atoms with Gasteiger partial charge in [0.15, 0.2) is 0 Å². The highest BCUT2D eigenvalue weighted by molar-refractivity contribution is 7.99. The molecule has 0 aliphatic heterocycles. The van der Waals surface area contributed by atoms with Crippen molar-refractivity contribution in [2.24, 2.45) is 0 Å². The van der Waals surface area contributed by atoms with E-state index in [1.165, 1.54) is 10.5 Å². The first-order valence-electron chi connectivity index (χ1n) is 7.43. The molecule has 0 bridgehead atoms. The maximum Gasteiger partial charge on any atom is 0.104 e. The Morgan fingerprint density at radius 3 is 1.81 bits per heavy atom. The lowest BCUT2D eigenvalue weighted by atomic mass is 9.86. The Labute approximate surface area is 132 Å². The van der Waals surface area contributed by atoms with Gasteiger partial charge in [-0.15, -0.1) is 11.8 Å². The second-order valence-electron chi connectivity index (χ2n) is 6.28. The quantitative estimate of drug-likeness (QED) is 0.785. The van der Waals surface area contributed by atoms with Gasteiger partial charge in [-0.25, -0.2) is 0 Å². The molecule has 1 unspecified atom stereocenters. The van der Waals surface area contributed by atoms with Gasteiger partial charge >= 0.3 is 0 Å². The first-order chi connectivity index (χ1) is 9.91. The van der Waals surface area contributed by atoms with Crippen LogP contribution in [0.15, 0.2) is 53.4 Å². The van der Waals surface area contributed by atoms with Crippen LogP contribution in [0.5, 0.6) is 0 Å². The van der Waals surface area contributed by atoms with Gasteiger partial charge in [0.2, 0.25) is 0 Å². The summed E-state index contributed by atoms with van der Waals surface area (Å²) in [5.74, 6) is 1.07. The minimum atomic E-state index is -0.556. The molecule has 0 amide bonds. The molecule has 0 spiro atoms. The van der Waals surface area contributed by atoms with E-state index in [-0.39, 0.29) is 5.41 Å². The van der Waals surface area contributed by atoms with E-state index in [2.05, 4.69) is 52.0 Å². The highest BCUT2D eigenvalue weighted by Gasteiger charge is 2.15. The zero-order chi connectivity index (χ0) is 15.5. The van der Waals surface area contributed by atoms with Gasteiger partial charge in [0.05, 0.1) is 0 Å². The molecule has 2 heteroatoms. The highest BCUT2D eigenvalue weighted by Crippen LogP contribution is 2.28. The summed E-state index contributed by atoms with van der Waals surface area (Å²) in [6, 6.07) is 16.5. The molecule has 1 nitrogen and oxygen atoms in total. The van der Waals surface area contributed by atoms with Crippen molar-refractivity contribution < 1.29 is 5.11 Å². The van der Waals surface area contributed by atoms with E-state index < -0.39 is 6.10 Å². The lowest BCUT2D eigenvalue weighted by molar-refractivity contribution is 0.220. The van der Waals surface area contributed by atoms with Gasteiger partial charge in [-0.3, -0.25) is 0 Å². The first kappa shape index (κ1) is 16.1. The molecular weight excluding hydrogens is 276 g/mol. The van der Waals surface area contributed by atoms with Gasteiger partial charge in [-0.2, -0.15) is 0 Å². The van der Waals surface area contributed by atoms with Gasteiger partial charge in [-0.05, 0) is 40.0 Å². The molecule has 21 heavy (non-hydrogen) atoms. The number of hydrogen-bond donors (Lipinski definition) is 1. The molecule has 0 aliphatic carbocycles. The molecule has 112 valence electrons. The van der Waals surface area contributed by atoms with Crippen molar-refractivity contribution in [3.05, 3.63) is 65.2 Å². The number of benzene rings is 2. The van der Waals surface area contributed by atoms with Crippen LogP contribution in [-0.4, -0.2) is 10.9 Å². The van der Waals surface area contributed by atoms with Crippen LogP contribution in [0.3, 0.4) is 0 Å². The van der Waals surface area contributed by atoms with Crippen molar-refractivity contribution in [2.75, 3.05) is 5.75 Å². The molecule has 1 atom stereocenters. The number of rotatable bonds is 4. The Morgan fingerprint density at radius 1 is 0.905 bits per heavy atom. The van der Waals surface area contributed by atoms with Crippen LogP contribution >= 0.6 is 11.8 Å². The minimum absolute atomic E-state index is 0.141. The third-order valence-corrected chi connectivity index (χ3v) is 4.49. The van der Waals surface area contributed by atoms with E-state index in [9.17, 15) is 5.11 Å². The third-order valence-electron chi connectivity index (χ3n) is 3.60. The molecular formula is C19H24OS. The molecule has 1 N–H and O–H groups in total. The van der Waals surface area contributed by atoms with Crippen LogP contribution in [0.25, 0.3) is 0 Å². The Morgan fingerprint density at radius 2 is 1.38 bits per heavy atom. The lowest BCUT2D eigenvalue weighted by Crippen LogP contribution is -2.11. The van der Waals surface area contributed by atoms with E-state index in [0.29, 0.717) is 0 Å². The van der Waals surface area contributed by atoms with Crippen LogP contribution in [0.4, 0.5) is 0 Å². The van der Waals surface area contributed by atoms with E-state index in [0.717, 1.165) is 16.9 Å². The molecule has 2 aromatic carbocycles. The largest absolute Gasteiger partial charge is 0.384 e. The van der Waals surface area contributed by atoms with Gasteiger partial charge in [0, 0.05) is 4.90 Å². The van der Waals surface area contributed by atoms with Crippen LogP contribution in [0, 0.1) is 0 Å². The standard InChI is InChI=1S/C19H24OS/c1-5-21-17-12-8-15(9-13-17)18(20)14-6-10-16(11-7-14)19(2,3)4/h6-13,18,20H,5H2,1-4H3. The predicted octanol–water partition coefficient (Wildman–Crippen LogP) is 5.18. The maximum atomic E-state index is 10.5. The fourth-order valence-corrected chi connectivity index (χ4v) is 2.93. The van der Waals surface area contributed by atoms with Crippen molar-refractivity contribution in [1.82, 2.24) is 0 Å². The summed E-state index contributed by atoms with van der Waals surface area (Å²) >= 11 is 1.81. The SMILES string of the molecule is CCSc1ccc(C(O)c2ccc(C(C)(C)C)cc2)cc1. The van der Waals surface area contributed by atoms with Crippen LogP contribution in [-0.2, 0) is 5.41 Å². The van der Waals surface area contributed by atoms with Crippen LogP contribution in [0.1, 0.15) is 50.5 Å². The molecule has 0 heterocycles. The van der Waals surface area contributed by atoms with Gasteiger partial charge in [-0.1, -0.05) is 64.1 Å². The summed E-state index contributed by atoms with van der Waals surface area (Å²) in [6.45, 7) is 8.73. The zero-order valence-corrected chi connectivity index (χ0v) is 14.1. The van der Waals surface area contributed by atoms with Crippen molar-refractivity contribution in [3.63, 3.8) is 0 Å². The van der Waals surface area contributed by atoms with Crippen molar-refractivity contribution in [3.8, 4) is 0 Å². The Hall–Kier alpha value is -1.25. The number of aliphatic hydroxyl groups is 1. The van der Waals surface area contributed by atoms with Crippen LogP contribution < -0.4 is 0 Å². The smallest absolute Gasteiger partial charge is 0.104 e. The molecule has 0 saturated heterocycles. The summed E-state index contributed by atoms with van der Waals surface area (Å²) in [5.41, 5.74) is 3.31. The van der Waals surface area contributed by atoms with Crippen molar-refractivity contribution in [1.29, 1.82) is 0 Å². The maximum absolute atomic E-state index is 10.5. The molecule has 0 aromatic heterocycles. The molecule has 0 saturated carbocycles. The second kappa shape index (κ2) is 6.67. The Bertz CT molecular complexity index is 564. The van der Waals surface area contributed by atoms with Crippen LogP contribution in [0.2, 0.25) is 0 Å². The minimum Gasteiger partial charge on any atom is -0.384 e. The summed E-state index contributed by atoms with van der Waals surface area (Å²) < 4.78 is 0. The van der Waals surface area contributed by atoms with Gasteiger partial charge in [0.1, 0.15) is 6.10 Å². The summed E-state index contributed by atoms with van der Waals surface area (Å²) in [6.07, 6.45) is -0.556. The van der Waals surface area contributed by atoms with E-state index in [1.807, 2.05) is 36.0 Å². The first-order valence-corrected chi connectivity index (χ1v) is 8.41. The lowest BCUT2D eigenvalue weighted by Gasteiger charge is -2.20. The number of aliphatic hydroxyl groups excluding tert-OH is 1. The molecule has 2 rings (SSSR count). The molecule has 0 fully saturated rings. The third kappa shape index (κ3) is 4.12. The zero-order valence-electron chi connectivity index (χ0n) is 13.3. The van der Waals surface area contributed by atoms with E-state index in [1.54, 1.807) is 0 Å². The average molecular weight is 300 g/mol. The Kier molecular flexibility index (Phi) is 5.13. The number of thioether (sulfide) groups is 1. The van der Waals surface area contributed by atoms with E-state index in [4.69, 9.17) is 0 Å². The summed E-state index contributed by atoms with van der Waals surface area (Å²) in [4.78, 5) is 1.25. The van der Waals surface area contributed by atoms with E-state index >= 15 is 0 Å². The highest BCUT2D eigenvalue weighted by atomic mass is 32.2. The molecule has 0 radical (unpaired) electrons. The fourth-order valence-electron chi connectivity index (χ4n) is 2.27. The fraction of sp³-hybridized carbons (Fsp3) is 0.368. The van der Waals surface area contributed by atoms with Gasteiger partial charge < -0.3 is 5.11 Å². The normalized spacial score (nSPS) is 13.2. The van der Waals surface area contributed by atoms with Gasteiger partial charge in [0.25, 0.3) is 0 Å². The summed E-state index contributed by atoms with van der Waals surface area (Å²) in [5, 5.41) is 10.5. The monoisotopic (exact) mass is 300 g/mol. The van der Waals surface area contributed by atoms with Crippen molar-refractivity contribution in [2.45, 2.75) is 44.1 Å².